The third kappa shape index (κ3) is 19.8. The number of nitriles is 2. The number of rotatable bonds is 11. The molecule has 1 rings (SSSR count). The van der Waals surface area contributed by atoms with Crippen LogP contribution in [-0.4, -0.2) is 4.57 Å². The van der Waals surface area contributed by atoms with Crippen molar-refractivity contribution in [2.75, 3.05) is 0 Å². The molecule has 4 N–H and O–H groups in total. The van der Waals surface area contributed by atoms with E-state index in [9.17, 15) is 0 Å². The molecular formula is C18H35N6+. The Hall–Kier alpha value is -2.21. The number of aromatic nitrogens is 2. The zero-order chi connectivity index (χ0) is 18.5. The average Bonchev–Trinajstić information content (AvgIpc) is 2.96. The van der Waals surface area contributed by atoms with Crippen LogP contribution in [0.1, 0.15) is 71.1 Å². The number of nitrogens with zero attached hydrogens (tertiary/aromatic N) is 4. The molecule has 1 heterocycles. The molecule has 6 heteroatoms. The summed E-state index contributed by atoms with van der Waals surface area (Å²) in [5, 5.41) is 14.2. The fraction of sp³-hybridized carbons (Fsp3) is 0.722. The van der Waals surface area contributed by atoms with Crippen molar-refractivity contribution in [3.63, 3.8) is 0 Å². The van der Waals surface area contributed by atoms with E-state index in [1.807, 2.05) is 0 Å². The van der Waals surface area contributed by atoms with Gasteiger partial charge in [0.2, 0.25) is 6.33 Å². The first-order valence-electron chi connectivity index (χ1n) is 8.86. The summed E-state index contributed by atoms with van der Waals surface area (Å²) in [6.45, 7) is 3.46. The molecule has 1 aromatic heterocycles. The topological polar surface area (TPSA) is 108 Å². The summed E-state index contributed by atoms with van der Waals surface area (Å²) in [5.41, 5.74) is 8.31. The molecule has 0 aliphatic heterocycles. The first-order valence-corrected chi connectivity index (χ1v) is 8.86. The third-order valence-corrected chi connectivity index (χ3v) is 3.59. The molecule has 0 saturated heterocycles. The Morgan fingerprint density at radius 1 is 0.875 bits per heavy atom. The standard InChI is InChI=1S/C16H31N2.2CH2N2/c1-3-4-5-6-7-8-9-10-11-12-13-18-15-14-17(2)16-18;2*2-1-3/h14-16H,3-13H2,1-2H3;2*2H2/q+1;;. The van der Waals surface area contributed by atoms with Crippen molar-refractivity contribution < 1.29 is 4.57 Å². The van der Waals surface area contributed by atoms with Crippen LogP contribution in [0.5, 0.6) is 0 Å². The summed E-state index contributed by atoms with van der Waals surface area (Å²) in [6.07, 6.45) is 23.1. The van der Waals surface area contributed by atoms with Crippen LogP contribution in [0.25, 0.3) is 0 Å². The van der Waals surface area contributed by atoms with Crippen molar-refractivity contribution in [2.45, 2.75) is 77.7 Å². The van der Waals surface area contributed by atoms with E-state index in [0.29, 0.717) is 0 Å². The lowest BCUT2D eigenvalue weighted by Gasteiger charge is -2.01. The lowest BCUT2D eigenvalue weighted by molar-refractivity contribution is -0.696. The lowest BCUT2D eigenvalue weighted by atomic mass is 10.1. The summed E-state index contributed by atoms with van der Waals surface area (Å²) in [5.74, 6) is 0. The summed E-state index contributed by atoms with van der Waals surface area (Å²) >= 11 is 0. The Labute approximate surface area is 147 Å². The SMILES string of the molecule is CCCCCCCCCCCC[n+]1ccn(C)c1.N#CN.N#CN. The summed E-state index contributed by atoms with van der Waals surface area (Å²) in [4.78, 5) is 0. The second kappa shape index (κ2) is 20.8. The van der Waals surface area contributed by atoms with Gasteiger partial charge in [0, 0.05) is 0 Å². The Morgan fingerprint density at radius 3 is 1.67 bits per heavy atom. The Kier molecular flexibility index (Phi) is 20.8. The third-order valence-electron chi connectivity index (χ3n) is 3.59. The maximum atomic E-state index is 7.10. The van der Waals surface area contributed by atoms with Crippen LogP contribution < -0.4 is 16.0 Å². The maximum absolute atomic E-state index is 7.10. The molecule has 0 spiro atoms. The smallest absolute Gasteiger partial charge is 0.243 e. The van der Waals surface area contributed by atoms with Gasteiger partial charge in [0.15, 0.2) is 12.4 Å². The van der Waals surface area contributed by atoms with E-state index < -0.39 is 0 Å². The van der Waals surface area contributed by atoms with E-state index >= 15 is 0 Å². The first-order chi connectivity index (χ1) is 11.7. The van der Waals surface area contributed by atoms with Crippen LogP contribution in [0.3, 0.4) is 0 Å². The minimum atomic E-state index is 1.18. The van der Waals surface area contributed by atoms with Crippen LogP contribution in [0.15, 0.2) is 18.7 Å². The molecular weight excluding hydrogens is 300 g/mol. The first kappa shape index (κ1) is 24.0. The largest absolute Gasteiger partial charge is 0.337 e. The Bertz CT molecular complexity index is 429. The van der Waals surface area contributed by atoms with Gasteiger partial charge >= 0.3 is 0 Å². The quantitative estimate of drug-likeness (QED) is 0.280. The van der Waals surface area contributed by atoms with E-state index in [2.05, 4.69) is 53.3 Å². The molecule has 0 atom stereocenters. The van der Waals surface area contributed by atoms with E-state index in [-0.39, 0.29) is 0 Å². The predicted molar refractivity (Wildman–Crippen MR) is 97.1 cm³/mol. The molecule has 6 nitrogen and oxygen atoms in total. The highest BCUT2D eigenvalue weighted by Gasteiger charge is 1.99. The lowest BCUT2D eigenvalue weighted by Crippen LogP contribution is -2.30. The molecule has 0 unspecified atom stereocenters. The highest BCUT2D eigenvalue weighted by Crippen LogP contribution is 2.10. The minimum Gasteiger partial charge on any atom is -0.337 e. The number of nitrogens with two attached hydrogens (primary N) is 2. The van der Waals surface area contributed by atoms with Gasteiger partial charge in [0.1, 0.15) is 12.4 Å². The van der Waals surface area contributed by atoms with Gasteiger partial charge in [0.25, 0.3) is 0 Å². The molecule has 0 aliphatic carbocycles. The maximum Gasteiger partial charge on any atom is 0.243 e. The number of hydrogen-bond acceptors (Lipinski definition) is 4. The van der Waals surface area contributed by atoms with Gasteiger partial charge < -0.3 is 11.5 Å². The normalized spacial score (nSPS) is 8.83. The van der Waals surface area contributed by atoms with Gasteiger partial charge in [-0.15, -0.1) is 0 Å². The van der Waals surface area contributed by atoms with Crippen molar-refractivity contribution in [3.05, 3.63) is 18.7 Å². The van der Waals surface area contributed by atoms with Gasteiger partial charge in [-0.25, -0.2) is 9.13 Å². The van der Waals surface area contributed by atoms with Crippen LogP contribution in [0.4, 0.5) is 0 Å². The highest BCUT2D eigenvalue weighted by molar-refractivity contribution is 4.61. The molecule has 1 aromatic rings. The highest BCUT2D eigenvalue weighted by atomic mass is 15.1. The van der Waals surface area contributed by atoms with Crippen LogP contribution in [-0.2, 0) is 13.6 Å². The number of unbranched alkanes of at least 4 members (excludes halogenated alkanes) is 9. The number of aryl methyl sites for hydroxylation is 2. The van der Waals surface area contributed by atoms with E-state index in [1.165, 1.54) is 83.1 Å². The molecule has 24 heavy (non-hydrogen) atoms. The molecule has 136 valence electrons. The van der Waals surface area contributed by atoms with Gasteiger partial charge in [-0.2, -0.15) is 10.5 Å². The van der Waals surface area contributed by atoms with Crippen LogP contribution in [0.2, 0.25) is 0 Å². The van der Waals surface area contributed by atoms with Gasteiger partial charge in [-0.05, 0) is 12.8 Å². The van der Waals surface area contributed by atoms with Crippen LogP contribution >= 0.6 is 0 Å². The summed E-state index contributed by atoms with van der Waals surface area (Å²) in [6, 6.07) is 0. The van der Waals surface area contributed by atoms with Crippen molar-refractivity contribution in [2.24, 2.45) is 18.5 Å². The van der Waals surface area contributed by atoms with Gasteiger partial charge in [-0.3, -0.25) is 0 Å². The second-order valence-corrected chi connectivity index (χ2v) is 5.76. The Balaban J connectivity index is 0. The molecule has 0 aromatic carbocycles. The second-order valence-electron chi connectivity index (χ2n) is 5.76. The van der Waals surface area contributed by atoms with Gasteiger partial charge in [-0.1, -0.05) is 58.3 Å². The fourth-order valence-electron chi connectivity index (χ4n) is 2.42. The molecule has 0 radical (unpaired) electrons. The monoisotopic (exact) mass is 335 g/mol. The summed E-state index contributed by atoms with van der Waals surface area (Å²) < 4.78 is 4.39. The molecule has 0 bridgehead atoms. The van der Waals surface area contributed by atoms with E-state index in [4.69, 9.17) is 10.5 Å². The van der Waals surface area contributed by atoms with Crippen molar-refractivity contribution >= 4 is 0 Å². The van der Waals surface area contributed by atoms with E-state index in [0.717, 1.165) is 0 Å². The molecule has 0 aliphatic rings. The minimum absolute atomic E-state index is 1.18. The zero-order valence-electron chi connectivity index (χ0n) is 15.5. The number of hydrogen-bond donors (Lipinski definition) is 2. The number of imidazole rings is 1. The summed E-state index contributed by atoms with van der Waals surface area (Å²) in [7, 11) is 2.08. The van der Waals surface area contributed by atoms with Crippen molar-refractivity contribution in [3.8, 4) is 12.4 Å². The van der Waals surface area contributed by atoms with Gasteiger partial charge in [0.05, 0.1) is 13.6 Å². The average molecular weight is 336 g/mol. The molecule has 0 fully saturated rings. The fourth-order valence-corrected chi connectivity index (χ4v) is 2.42. The zero-order valence-corrected chi connectivity index (χ0v) is 15.5. The molecule has 0 saturated carbocycles. The van der Waals surface area contributed by atoms with Crippen LogP contribution in [0, 0.1) is 22.9 Å². The molecule has 0 amide bonds. The predicted octanol–water partition coefficient (Wildman–Crippen LogP) is 3.09. The van der Waals surface area contributed by atoms with Crippen molar-refractivity contribution in [1.29, 1.82) is 10.5 Å². The van der Waals surface area contributed by atoms with E-state index in [1.54, 1.807) is 0 Å². The Morgan fingerprint density at radius 2 is 1.29 bits per heavy atom. The van der Waals surface area contributed by atoms with Crippen molar-refractivity contribution in [1.82, 2.24) is 4.57 Å².